The molecule has 0 N–H and O–H groups in total. The predicted octanol–water partition coefficient (Wildman–Crippen LogP) is 4.21. The summed E-state index contributed by atoms with van der Waals surface area (Å²) in [6, 6.07) is 18.2. The highest BCUT2D eigenvalue weighted by molar-refractivity contribution is 6.09. The van der Waals surface area contributed by atoms with Gasteiger partial charge in [0.1, 0.15) is 5.75 Å². The second-order valence-corrected chi connectivity index (χ2v) is 6.41. The molecule has 3 aromatic rings. The number of carbonyl (C=O) groups excluding carboxylic acids is 2. The highest BCUT2D eigenvalue weighted by atomic mass is 16.5. The summed E-state index contributed by atoms with van der Waals surface area (Å²) < 4.78 is 11.1. The Hall–Kier alpha value is -3.34. The van der Waals surface area contributed by atoms with Crippen molar-refractivity contribution in [3.8, 4) is 5.75 Å². The first-order valence-corrected chi connectivity index (χ1v) is 8.91. The van der Waals surface area contributed by atoms with E-state index in [0.717, 1.165) is 5.56 Å². The number of nitrogens with zero attached hydrogens (tertiary/aromatic N) is 1. The number of benzene rings is 2. The van der Waals surface area contributed by atoms with Crippen LogP contribution >= 0.6 is 0 Å². The van der Waals surface area contributed by atoms with Gasteiger partial charge in [-0.05, 0) is 42.3 Å². The number of rotatable bonds is 5. The molecule has 0 fully saturated rings. The van der Waals surface area contributed by atoms with E-state index in [1.165, 1.54) is 6.26 Å². The monoisotopic (exact) mass is 361 g/mol. The number of carbonyl (C=O) groups is 2. The van der Waals surface area contributed by atoms with Gasteiger partial charge in [0.2, 0.25) is 5.78 Å². The zero-order valence-electron chi connectivity index (χ0n) is 14.9. The average molecular weight is 361 g/mol. The molecular weight excluding hydrogens is 342 g/mol. The topological polar surface area (TPSA) is 59.8 Å². The fourth-order valence-corrected chi connectivity index (χ4v) is 3.20. The van der Waals surface area contributed by atoms with Crippen LogP contribution < -0.4 is 9.64 Å². The average Bonchev–Trinajstić information content (AvgIpc) is 3.24. The lowest BCUT2D eigenvalue weighted by molar-refractivity contribution is -0.126. The molecule has 1 amide bonds. The van der Waals surface area contributed by atoms with Crippen LogP contribution in [0.25, 0.3) is 0 Å². The molecule has 0 radical (unpaired) electrons. The van der Waals surface area contributed by atoms with E-state index < -0.39 is 6.10 Å². The predicted molar refractivity (Wildman–Crippen MR) is 101 cm³/mol. The second-order valence-electron chi connectivity index (χ2n) is 6.41. The van der Waals surface area contributed by atoms with E-state index in [9.17, 15) is 9.59 Å². The third-order valence-electron chi connectivity index (χ3n) is 4.62. The van der Waals surface area contributed by atoms with Crippen LogP contribution in [-0.2, 0) is 11.3 Å². The minimum Gasteiger partial charge on any atom is -0.478 e. The first-order chi connectivity index (χ1) is 13.2. The van der Waals surface area contributed by atoms with Crippen molar-refractivity contribution in [1.29, 1.82) is 0 Å². The highest BCUT2D eigenvalue weighted by Crippen LogP contribution is 2.37. The van der Waals surface area contributed by atoms with Gasteiger partial charge in [0.05, 0.1) is 18.5 Å². The molecule has 2 aromatic carbocycles. The Morgan fingerprint density at radius 2 is 1.89 bits per heavy atom. The van der Waals surface area contributed by atoms with E-state index in [4.69, 9.17) is 9.15 Å². The van der Waals surface area contributed by atoms with Gasteiger partial charge in [-0.25, -0.2) is 0 Å². The smallest absolute Gasteiger partial charge is 0.268 e. The molecule has 136 valence electrons. The van der Waals surface area contributed by atoms with E-state index in [-0.39, 0.29) is 17.5 Å². The summed E-state index contributed by atoms with van der Waals surface area (Å²) in [6.45, 7) is 2.34. The Morgan fingerprint density at radius 1 is 1.07 bits per heavy atom. The molecule has 0 spiro atoms. The molecule has 1 atom stereocenters. The van der Waals surface area contributed by atoms with Crippen molar-refractivity contribution >= 4 is 17.4 Å². The van der Waals surface area contributed by atoms with Crippen molar-refractivity contribution in [3.63, 3.8) is 0 Å². The lowest BCUT2D eigenvalue weighted by Gasteiger charge is -2.34. The van der Waals surface area contributed by atoms with Gasteiger partial charge in [-0.15, -0.1) is 0 Å². The molecule has 0 bridgehead atoms. The van der Waals surface area contributed by atoms with E-state index in [1.54, 1.807) is 35.2 Å². The summed E-state index contributed by atoms with van der Waals surface area (Å²) in [6.07, 6.45) is 1.52. The summed E-state index contributed by atoms with van der Waals surface area (Å²) in [4.78, 5) is 27.2. The van der Waals surface area contributed by atoms with E-state index in [0.29, 0.717) is 30.0 Å². The van der Waals surface area contributed by atoms with Gasteiger partial charge >= 0.3 is 0 Å². The number of fused-ring (bicyclic) bond motifs is 1. The van der Waals surface area contributed by atoms with Crippen LogP contribution in [0.15, 0.2) is 71.3 Å². The maximum absolute atomic E-state index is 12.9. The lowest BCUT2D eigenvalue weighted by atomic mass is 10.0. The number of ketones is 1. The fraction of sp³-hybridized carbons (Fsp3) is 0.182. The molecule has 0 unspecified atom stereocenters. The number of anilines is 1. The summed E-state index contributed by atoms with van der Waals surface area (Å²) in [5.41, 5.74) is 2.07. The van der Waals surface area contributed by atoms with Crippen LogP contribution in [0.2, 0.25) is 0 Å². The van der Waals surface area contributed by atoms with Crippen LogP contribution in [-0.4, -0.2) is 17.8 Å². The molecule has 1 aliphatic rings. The highest BCUT2D eigenvalue weighted by Gasteiger charge is 2.34. The molecule has 1 aromatic heterocycles. The van der Waals surface area contributed by atoms with Crippen LogP contribution in [0.3, 0.4) is 0 Å². The van der Waals surface area contributed by atoms with Gasteiger partial charge in [-0.3, -0.25) is 9.59 Å². The van der Waals surface area contributed by atoms with Crippen molar-refractivity contribution in [3.05, 3.63) is 83.8 Å². The summed E-state index contributed by atoms with van der Waals surface area (Å²) in [7, 11) is 0. The summed E-state index contributed by atoms with van der Waals surface area (Å²) in [5.74, 6) is 0.538. The molecule has 5 heteroatoms. The van der Waals surface area contributed by atoms with Crippen LogP contribution in [0.5, 0.6) is 5.75 Å². The molecule has 5 nitrogen and oxygen atoms in total. The standard InChI is InChI=1S/C22H19NO4/c1-2-18-22(25)23(14-15-7-4-3-5-8-15)17-13-16(10-11-19(17)27-18)21(24)20-9-6-12-26-20/h3-13,18H,2,14H2,1H3/t18-/m1/s1. The van der Waals surface area contributed by atoms with Gasteiger partial charge < -0.3 is 14.1 Å². The van der Waals surface area contributed by atoms with Crippen LogP contribution in [0, 0.1) is 0 Å². The van der Waals surface area contributed by atoms with Gasteiger partial charge in [-0.2, -0.15) is 0 Å². The normalized spacial score (nSPS) is 16.0. The van der Waals surface area contributed by atoms with Gasteiger partial charge in [0.15, 0.2) is 11.9 Å². The Kier molecular flexibility index (Phi) is 4.50. The Morgan fingerprint density at radius 3 is 2.59 bits per heavy atom. The molecule has 27 heavy (non-hydrogen) atoms. The molecule has 1 aliphatic heterocycles. The fourth-order valence-electron chi connectivity index (χ4n) is 3.20. The van der Waals surface area contributed by atoms with Crippen molar-refractivity contribution in [2.75, 3.05) is 4.90 Å². The molecule has 0 aliphatic carbocycles. The summed E-state index contributed by atoms with van der Waals surface area (Å²) >= 11 is 0. The van der Waals surface area contributed by atoms with E-state index >= 15 is 0 Å². The molecule has 2 heterocycles. The van der Waals surface area contributed by atoms with Crippen LogP contribution in [0.1, 0.15) is 35.0 Å². The summed E-state index contributed by atoms with van der Waals surface area (Å²) in [5, 5.41) is 0. The SMILES string of the molecule is CC[C@H]1Oc2ccc(C(=O)c3ccco3)cc2N(Cc2ccccc2)C1=O. The molecule has 0 saturated carbocycles. The van der Waals surface area contributed by atoms with Gasteiger partial charge in [-0.1, -0.05) is 37.3 Å². The largest absolute Gasteiger partial charge is 0.478 e. The maximum Gasteiger partial charge on any atom is 0.268 e. The van der Waals surface area contributed by atoms with Gasteiger partial charge in [0, 0.05) is 5.56 Å². The first-order valence-electron chi connectivity index (χ1n) is 8.91. The lowest BCUT2D eigenvalue weighted by Crippen LogP contribution is -2.45. The third-order valence-corrected chi connectivity index (χ3v) is 4.62. The van der Waals surface area contributed by atoms with Crippen molar-refractivity contribution in [2.45, 2.75) is 26.0 Å². The number of hydrogen-bond acceptors (Lipinski definition) is 4. The Bertz CT molecular complexity index is 963. The van der Waals surface area contributed by atoms with Gasteiger partial charge in [0.25, 0.3) is 5.91 Å². The molecule has 0 saturated heterocycles. The Labute approximate surface area is 157 Å². The minimum atomic E-state index is -0.521. The van der Waals surface area contributed by atoms with Crippen molar-refractivity contribution < 1.29 is 18.7 Å². The quantitative estimate of drug-likeness (QED) is 0.639. The van der Waals surface area contributed by atoms with Crippen LogP contribution in [0.4, 0.5) is 5.69 Å². The molecule has 4 rings (SSSR count). The number of ether oxygens (including phenoxy) is 1. The van der Waals surface area contributed by atoms with E-state index in [2.05, 4.69) is 0 Å². The maximum atomic E-state index is 12.9. The Balaban J connectivity index is 1.74. The number of hydrogen-bond donors (Lipinski definition) is 0. The first kappa shape index (κ1) is 17.1. The zero-order valence-corrected chi connectivity index (χ0v) is 14.9. The number of amides is 1. The second kappa shape index (κ2) is 7.11. The van der Waals surface area contributed by atoms with E-state index in [1.807, 2.05) is 37.3 Å². The molecular formula is C22H19NO4. The zero-order chi connectivity index (χ0) is 18.8. The van der Waals surface area contributed by atoms with Crippen molar-refractivity contribution in [2.24, 2.45) is 0 Å². The third kappa shape index (κ3) is 3.24. The minimum absolute atomic E-state index is 0.101. The van der Waals surface area contributed by atoms with Crippen molar-refractivity contribution in [1.82, 2.24) is 0 Å². The number of furan rings is 1.